The quantitative estimate of drug-likeness (QED) is 0.402. The number of anilines is 1. The number of thioether (sulfide) groups is 1. The molecule has 1 aliphatic rings. The van der Waals surface area contributed by atoms with Crippen LogP contribution in [0, 0.1) is 5.82 Å². The van der Waals surface area contributed by atoms with E-state index in [1.165, 1.54) is 12.1 Å². The van der Waals surface area contributed by atoms with Crippen LogP contribution in [0.3, 0.4) is 0 Å². The molecule has 29 heavy (non-hydrogen) atoms. The van der Waals surface area contributed by atoms with Crippen molar-refractivity contribution < 1.29 is 13.9 Å². The van der Waals surface area contributed by atoms with Crippen molar-refractivity contribution in [2.24, 2.45) is 0 Å². The smallest absolute Gasteiger partial charge is 0.238 e. The van der Waals surface area contributed by atoms with E-state index in [1.807, 2.05) is 30.3 Å². The van der Waals surface area contributed by atoms with Gasteiger partial charge in [0.05, 0.1) is 10.2 Å². The van der Waals surface area contributed by atoms with Gasteiger partial charge in [0.25, 0.3) is 0 Å². The molecule has 1 amide bonds. The number of hydrogen-bond donors (Lipinski definition) is 0. The Morgan fingerprint density at radius 3 is 2.52 bits per heavy atom. The van der Waals surface area contributed by atoms with Crippen LogP contribution in [0.5, 0.6) is 5.75 Å². The minimum absolute atomic E-state index is 0.0649. The third kappa shape index (κ3) is 4.60. The van der Waals surface area contributed by atoms with Crippen molar-refractivity contribution in [3.05, 3.63) is 93.2 Å². The zero-order chi connectivity index (χ0) is 20.4. The van der Waals surface area contributed by atoms with Gasteiger partial charge in [-0.25, -0.2) is 4.39 Å². The van der Waals surface area contributed by atoms with Crippen LogP contribution < -0.4 is 9.64 Å². The molecule has 3 nitrogen and oxygen atoms in total. The van der Waals surface area contributed by atoms with Crippen molar-refractivity contribution in [1.82, 2.24) is 0 Å². The molecule has 4 rings (SSSR count). The van der Waals surface area contributed by atoms with Gasteiger partial charge in [0.15, 0.2) is 0 Å². The predicted octanol–water partition coefficient (Wildman–Crippen LogP) is 6.60. The van der Waals surface area contributed by atoms with Crippen molar-refractivity contribution in [1.29, 1.82) is 0 Å². The molecule has 0 radical (unpaired) electrons. The average molecular weight is 493 g/mol. The van der Waals surface area contributed by atoms with Gasteiger partial charge in [-0.15, -0.1) is 11.8 Å². The molecule has 1 saturated heterocycles. The van der Waals surface area contributed by atoms with Gasteiger partial charge in [-0.05, 0) is 75.6 Å². The lowest BCUT2D eigenvalue weighted by atomic mass is 10.1. The lowest BCUT2D eigenvalue weighted by Crippen LogP contribution is -2.27. The second kappa shape index (κ2) is 8.78. The Bertz CT molecular complexity index is 1030. The van der Waals surface area contributed by atoms with Crippen molar-refractivity contribution in [3.8, 4) is 5.75 Å². The first-order valence-corrected chi connectivity index (χ1v) is 11.1. The first kappa shape index (κ1) is 20.3. The Morgan fingerprint density at radius 2 is 1.83 bits per heavy atom. The van der Waals surface area contributed by atoms with Gasteiger partial charge in [0, 0.05) is 10.7 Å². The number of hydrogen-bond acceptors (Lipinski definition) is 3. The monoisotopic (exact) mass is 491 g/mol. The van der Waals surface area contributed by atoms with E-state index in [4.69, 9.17) is 16.3 Å². The van der Waals surface area contributed by atoms with E-state index in [0.717, 1.165) is 21.3 Å². The van der Waals surface area contributed by atoms with Crippen LogP contribution in [0.15, 0.2) is 71.2 Å². The molecular weight excluding hydrogens is 477 g/mol. The van der Waals surface area contributed by atoms with Crippen LogP contribution in [0.4, 0.5) is 10.1 Å². The molecule has 0 bridgehead atoms. The summed E-state index contributed by atoms with van der Waals surface area (Å²) in [6, 6.07) is 19.3. The summed E-state index contributed by atoms with van der Waals surface area (Å²) < 4.78 is 19.7. The lowest BCUT2D eigenvalue weighted by Gasteiger charge is -2.25. The van der Waals surface area contributed by atoms with Crippen LogP contribution in [-0.2, 0) is 11.4 Å². The number of rotatable bonds is 5. The predicted molar refractivity (Wildman–Crippen MR) is 119 cm³/mol. The zero-order valence-corrected chi connectivity index (χ0v) is 18.3. The molecule has 0 aliphatic carbocycles. The van der Waals surface area contributed by atoms with Gasteiger partial charge in [0.1, 0.15) is 23.5 Å². The van der Waals surface area contributed by atoms with Gasteiger partial charge in [-0.3, -0.25) is 9.69 Å². The fourth-order valence-electron chi connectivity index (χ4n) is 3.08. The second-order valence-electron chi connectivity index (χ2n) is 6.51. The summed E-state index contributed by atoms with van der Waals surface area (Å²) in [5.74, 6) is 0.905. The number of carbonyl (C=O) groups excluding carboxylic acids is 1. The van der Waals surface area contributed by atoms with Gasteiger partial charge in [-0.1, -0.05) is 29.8 Å². The minimum atomic E-state index is -0.270. The fraction of sp³-hybridized carbons (Fsp3) is 0.136. The molecule has 1 aliphatic heterocycles. The van der Waals surface area contributed by atoms with Gasteiger partial charge in [-0.2, -0.15) is 0 Å². The summed E-state index contributed by atoms with van der Waals surface area (Å²) in [7, 11) is 0. The van der Waals surface area contributed by atoms with Crippen LogP contribution in [0.25, 0.3) is 0 Å². The van der Waals surface area contributed by atoms with Crippen molar-refractivity contribution >= 4 is 50.9 Å². The summed E-state index contributed by atoms with van der Waals surface area (Å²) in [6.45, 7) is 0.339. The standard InChI is InChI=1S/C22H16BrClFNO2S/c23-19-11-15(3-10-20(19)28-12-14-1-6-17(25)7-2-14)22-26(21(27)13-29-22)18-8-4-16(24)5-9-18/h1-11,22H,12-13H2/t22-/m0/s1. The summed E-state index contributed by atoms with van der Waals surface area (Å²) in [6.07, 6.45) is 0. The first-order chi connectivity index (χ1) is 14.0. The lowest BCUT2D eigenvalue weighted by molar-refractivity contribution is -0.115. The number of carbonyl (C=O) groups is 1. The highest BCUT2D eigenvalue weighted by Gasteiger charge is 2.34. The molecule has 0 aromatic heterocycles. The Hall–Kier alpha value is -2.02. The van der Waals surface area contributed by atoms with Crippen LogP contribution >= 0.6 is 39.3 Å². The topological polar surface area (TPSA) is 29.5 Å². The minimum Gasteiger partial charge on any atom is -0.488 e. The highest BCUT2D eigenvalue weighted by Crippen LogP contribution is 2.43. The van der Waals surface area contributed by atoms with Crippen LogP contribution in [0.1, 0.15) is 16.5 Å². The first-order valence-electron chi connectivity index (χ1n) is 8.87. The van der Waals surface area contributed by atoms with Crippen molar-refractivity contribution in [2.45, 2.75) is 12.0 Å². The molecule has 7 heteroatoms. The van der Waals surface area contributed by atoms with Gasteiger partial charge < -0.3 is 4.74 Å². The summed E-state index contributed by atoms with van der Waals surface area (Å²) in [5, 5.41) is 0.515. The zero-order valence-electron chi connectivity index (χ0n) is 15.1. The van der Waals surface area contributed by atoms with E-state index in [2.05, 4.69) is 15.9 Å². The van der Waals surface area contributed by atoms with Crippen molar-refractivity contribution in [2.75, 3.05) is 10.7 Å². The maximum atomic E-state index is 13.0. The Labute approximate surface area is 185 Å². The van der Waals surface area contributed by atoms with E-state index in [1.54, 1.807) is 40.9 Å². The van der Waals surface area contributed by atoms with Crippen LogP contribution in [0.2, 0.25) is 5.02 Å². The van der Waals surface area contributed by atoms with E-state index in [9.17, 15) is 9.18 Å². The Balaban J connectivity index is 1.52. The number of nitrogens with zero attached hydrogens (tertiary/aromatic N) is 1. The highest BCUT2D eigenvalue weighted by molar-refractivity contribution is 9.10. The molecule has 0 spiro atoms. The van der Waals surface area contributed by atoms with E-state index >= 15 is 0 Å². The maximum Gasteiger partial charge on any atom is 0.238 e. The average Bonchev–Trinajstić information content (AvgIpc) is 3.10. The second-order valence-corrected chi connectivity index (χ2v) is 8.87. The maximum absolute atomic E-state index is 13.0. The Morgan fingerprint density at radius 1 is 1.10 bits per heavy atom. The molecule has 0 saturated carbocycles. The fourth-order valence-corrected chi connectivity index (χ4v) is 4.88. The van der Waals surface area contributed by atoms with E-state index in [0.29, 0.717) is 23.1 Å². The molecule has 1 heterocycles. The van der Waals surface area contributed by atoms with Crippen molar-refractivity contribution in [3.63, 3.8) is 0 Å². The summed E-state index contributed by atoms with van der Waals surface area (Å²) in [4.78, 5) is 14.3. The third-order valence-corrected chi connectivity index (χ3v) is 6.61. The molecule has 1 fully saturated rings. The molecular formula is C22H16BrClFNO2S. The Kier molecular flexibility index (Phi) is 6.13. The highest BCUT2D eigenvalue weighted by atomic mass is 79.9. The summed E-state index contributed by atoms with van der Waals surface area (Å²) in [5.41, 5.74) is 2.70. The normalized spacial score (nSPS) is 16.3. The van der Waals surface area contributed by atoms with E-state index < -0.39 is 0 Å². The van der Waals surface area contributed by atoms with Gasteiger partial charge >= 0.3 is 0 Å². The van der Waals surface area contributed by atoms with Gasteiger partial charge in [0.2, 0.25) is 5.91 Å². The molecule has 3 aromatic carbocycles. The number of ether oxygens (including phenoxy) is 1. The summed E-state index contributed by atoms with van der Waals surface area (Å²) >= 11 is 11.1. The molecule has 3 aromatic rings. The number of benzene rings is 3. The largest absolute Gasteiger partial charge is 0.488 e. The molecule has 0 N–H and O–H groups in total. The molecule has 1 atom stereocenters. The molecule has 148 valence electrons. The SMILES string of the molecule is O=C1CS[C@@H](c2ccc(OCc3ccc(F)cc3)c(Br)c2)N1c1ccc(Cl)cc1. The third-order valence-electron chi connectivity index (χ3n) is 4.52. The molecule has 0 unspecified atom stereocenters. The van der Waals surface area contributed by atoms with E-state index in [-0.39, 0.29) is 17.1 Å². The van der Waals surface area contributed by atoms with Crippen LogP contribution in [-0.4, -0.2) is 11.7 Å². The number of halogens is 3. The number of amides is 1.